The molecule has 22 heavy (non-hydrogen) atoms. The van der Waals surface area contributed by atoms with Crippen LogP contribution in [-0.2, 0) is 16.4 Å². The normalized spacial score (nSPS) is 20.5. The molecule has 2 aromatic heterocycles. The standard InChI is InChI=1S/C16H25BN2O2S/c1-9(2)12-13-11(18-19(12)8)10(3)14(22-13)17-20-15(4,5)16(6,7)21-17/h9H,1-8H3. The average Bonchev–Trinajstić information content (AvgIpc) is 2.90. The highest BCUT2D eigenvalue weighted by molar-refractivity contribution is 7.28. The van der Waals surface area contributed by atoms with Crippen LogP contribution < -0.4 is 4.78 Å². The van der Waals surface area contributed by atoms with Crippen molar-refractivity contribution >= 4 is 33.4 Å². The summed E-state index contributed by atoms with van der Waals surface area (Å²) in [5, 5.41) is 4.71. The van der Waals surface area contributed by atoms with Gasteiger partial charge in [0.05, 0.1) is 21.6 Å². The van der Waals surface area contributed by atoms with E-state index in [2.05, 4.69) is 48.5 Å². The van der Waals surface area contributed by atoms with Crippen LogP contribution in [0.2, 0.25) is 0 Å². The maximum Gasteiger partial charge on any atom is 0.505 e. The monoisotopic (exact) mass is 320 g/mol. The molecule has 0 aliphatic carbocycles. The molecular formula is C16H25BN2O2S. The lowest BCUT2D eigenvalue weighted by Gasteiger charge is -2.32. The summed E-state index contributed by atoms with van der Waals surface area (Å²) in [5.74, 6) is 0.444. The quantitative estimate of drug-likeness (QED) is 0.796. The van der Waals surface area contributed by atoms with E-state index in [1.165, 1.54) is 16.0 Å². The number of hydrogen-bond acceptors (Lipinski definition) is 4. The molecule has 3 rings (SSSR count). The van der Waals surface area contributed by atoms with Gasteiger partial charge in [0.1, 0.15) is 5.52 Å². The smallest absolute Gasteiger partial charge is 0.399 e. The topological polar surface area (TPSA) is 36.3 Å². The molecule has 0 unspecified atom stereocenters. The minimum absolute atomic E-state index is 0.297. The molecule has 0 atom stereocenters. The average molecular weight is 320 g/mol. The molecule has 0 bridgehead atoms. The van der Waals surface area contributed by atoms with E-state index in [-0.39, 0.29) is 18.3 Å². The zero-order chi connectivity index (χ0) is 16.4. The Morgan fingerprint density at radius 2 is 1.68 bits per heavy atom. The molecule has 0 radical (unpaired) electrons. The predicted octanol–water partition coefficient (Wildman–Crippen LogP) is 3.37. The van der Waals surface area contributed by atoms with Crippen molar-refractivity contribution in [2.24, 2.45) is 7.05 Å². The first-order valence-electron chi connectivity index (χ1n) is 7.86. The van der Waals surface area contributed by atoms with E-state index in [9.17, 15) is 0 Å². The second-order valence-corrected chi connectivity index (χ2v) is 8.57. The fourth-order valence-electron chi connectivity index (χ4n) is 2.98. The molecule has 0 amide bonds. The first-order chi connectivity index (χ1) is 10.0. The Balaban J connectivity index is 2.09. The van der Waals surface area contributed by atoms with Gasteiger partial charge >= 0.3 is 7.12 Å². The van der Waals surface area contributed by atoms with Crippen molar-refractivity contribution in [3.05, 3.63) is 11.3 Å². The third-order valence-electron chi connectivity index (χ3n) is 5.00. The number of nitrogens with zero attached hydrogens (tertiary/aromatic N) is 2. The number of rotatable bonds is 2. The zero-order valence-corrected chi connectivity index (χ0v) is 15.6. The molecule has 0 saturated carbocycles. The molecule has 120 valence electrons. The van der Waals surface area contributed by atoms with Crippen molar-refractivity contribution in [2.45, 2.75) is 65.6 Å². The van der Waals surface area contributed by atoms with Crippen molar-refractivity contribution < 1.29 is 9.31 Å². The highest BCUT2D eigenvalue weighted by Crippen LogP contribution is 2.39. The van der Waals surface area contributed by atoms with Gasteiger partial charge in [-0.25, -0.2) is 0 Å². The second kappa shape index (κ2) is 4.82. The zero-order valence-electron chi connectivity index (χ0n) is 14.8. The highest BCUT2D eigenvalue weighted by atomic mass is 32.1. The van der Waals surface area contributed by atoms with Gasteiger partial charge in [-0.1, -0.05) is 13.8 Å². The van der Waals surface area contributed by atoms with E-state index < -0.39 is 0 Å². The molecule has 0 aromatic carbocycles. The molecule has 1 saturated heterocycles. The number of thiophene rings is 1. The van der Waals surface area contributed by atoms with Crippen LogP contribution >= 0.6 is 11.3 Å². The first kappa shape index (κ1) is 16.0. The van der Waals surface area contributed by atoms with E-state index in [0.717, 1.165) is 10.3 Å². The van der Waals surface area contributed by atoms with Crippen LogP contribution in [0.15, 0.2) is 0 Å². The third kappa shape index (κ3) is 2.15. The van der Waals surface area contributed by atoms with Gasteiger partial charge in [0.25, 0.3) is 0 Å². The van der Waals surface area contributed by atoms with E-state index in [4.69, 9.17) is 14.4 Å². The minimum Gasteiger partial charge on any atom is -0.399 e. The number of hydrogen-bond donors (Lipinski definition) is 0. The van der Waals surface area contributed by atoms with Crippen LogP contribution in [0.3, 0.4) is 0 Å². The van der Waals surface area contributed by atoms with Gasteiger partial charge in [0.15, 0.2) is 0 Å². The molecule has 2 aromatic rings. The summed E-state index contributed by atoms with van der Waals surface area (Å²) in [6.07, 6.45) is 0. The molecule has 1 aliphatic heterocycles. The van der Waals surface area contributed by atoms with Gasteiger partial charge in [0.2, 0.25) is 0 Å². The van der Waals surface area contributed by atoms with Crippen LogP contribution in [0.4, 0.5) is 0 Å². The van der Waals surface area contributed by atoms with E-state index >= 15 is 0 Å². The fraction of sp³-hybridized carbons (Fsp3) is 0.688. The minimum atomic E-state index is -0.308. The predicted molar refractivity (Wildman–Crippen MR) is 93.1 cm³/mol. The van der Waals surface area contributed by atoms with Crippen LogP contribution in [-0.4, -0.2) is 28.1 Å². The Morgan fingerprint density at radius 1 is 1.14 bits per heavy atom. The van der Waals surface area contributed by atoms with Crippen LogP contribution in [0.5, 0.6) is 0 Å². The molecule has 1 fully saturated rings. The summed E-state index contributed by atoms with van der Waals surface area (Å²) in [4.78, 5) is 0. The number of aryl methyl sites for hydroxylation is 2. The summed E-state index contributed by atoms with van der Waals surface area (Å²) >= 11 is 1.77. The highest BCUT2D eigenvalue weighted by Gasteiger charge is 2.52. The van der Waals surface area contributed by atoms with Crippen molar-refractivity contribution in [3.63, 3.8) is 0 Å². The van der Waals surface area contributed by atoms with Gasteiger partial charge in [0, 0.05) is 11.8 Å². The summed E-state index contributed by atoms with van der Waals surface area (Å²) in [6.45, 7) is 14.9. The van der Waals surface area contributed by atoms with Crippen molar-refractivity contribution in [2.75, 3.05) is 0 Å². The Hall–Kier alpha value is -0.845. The molecule has 0 N–H and O–H groups in total. The van der Waals surface area contributed by atoms with Gasteiger partial charge in [-0.2, -0.15) is 5.10 Å². The molecule has 6 heteroatoms. The summed E-state index contributed by atoms with van der Waals surface area (Å²) < 4.78 is 16.9. The van der Waals surface area contributed by atoms with E-state index in [1.807, 2.05) is 11.7 Å². The third-order valence-corrected chi connectivity index (χ3v) is 6.32. The Bertz CT molecular complexity index is 714. The van der Waals surface area contributed by atoms with Crippen molar-refractivity contribution in [1.29, 1.82) is 0 Å². The molecule has 4 nitrogen and oxygen atoms in total. The van der Waals surface area contributed by atoms with E-state index in [1.54, 1.807) is 11.3 Å². The maximum atomic E-state index is 6.21. The van der Waals surface area contributed by atoms with Gasteiger partial charge in [-0.3, -0.25) is 4.68 Å². The second-order valence-electron chi connectivity index (χ2n) is 7.52. The fourth-order valence-corrected chi connectivity index (χ4v) is 4.40. The lowest BCUT2D eigenvalue weighted by Crippen LogP contribution is -2.41. The SMILES string of the molecule is Cc1c(B2OC(C)(C)C(C)(C)O2)sc2c(C(C)C)n(C)nc12. The van der Waals surface area contributed by atoms with Crippen LogP contribution in [0.25, 0.3) is 10.2 Å². The first-order valence-corrected chi connectivity index (χ1v) is 8.68. The Morgan fingerprint density at radius 3 is 2.18 bits per heavy atom. The van der Waals surface area contributed by atoms with Crippen molar-refractivity contribution in [3.8, 4) is 0 Å². The lowest BCUT2D eigenvalue weighted by molar-refractivity contribution is 0.00578. The van der Waals surface area contributed by atoms with Gasteiger partial charge in [-0.05, 0) is 46.1 Å². The Kier molecular flexibility index (Phi) is 3.51. The van der Waals surface area contributed by atoms with Crippen molar-refractivity contribution in [1.82, 2.24) is 9.78 Å². The molecule has 1 aliphatic rings. The lowest BCUT2D eigenvalue weighted by atomic mass is 9.85. The molecule has 0 spiro atoms. The largest absolute Gasteiger partial charge is 0.505 e. The number of aromatic nitrogens is 2. The number of fused-ring (bicyclic) bond motifs is 1. The van der Waals surface area contributed by atoms with E-state index in [0.29, 0.717) is 5.92 Å². The summed E-state index contributed by atoms with van der Waals surface area (Å²) in [6, 6.07) is 0. The van der Waals surface area contributed by atoms with Gasteiger partial charge in [-0.15, -0.1) is 11.3 Å². The van der Waals surface area contributed by atoms with Crippen LogP contribution in [0.1, 0.15) is 58.7 Å². The van der Waals surface area contributed by atoms with Gasteiger partial charge < -0.3 is 9.31 Å². The maximum absolute atomic E-state index is 6.21. The summed E-state index contributed by atoms with van der Waals surface area (Å²) in [5.41, 5.74) is 2.93. The Labute approximate surface area is 136 Å². The summed E-state index contributed by atoms with van der Waals surface area (Å²) in [7, 11) is 1.73. The molecular weight excluding hydrogens is 295 g/mol. The molecule has 3 heterocycles. The van der Waals surface area contributed by atoms with Crippen LogP contribution in [0, 0.1) is 6.92 Å².